The summed E-state index contributed by atoms with van der Waals surface area (Å²) < 4.78 is 1.48. The zero-order valence-corrected chi connectivity index (χ0v) is 8.60. The van der Waals surface area contributed by atoms with Crippen LogP contribution < -0.4 is 5.32 Å². The van der Waals surface area contributed by atoms with Crippen molar-refractivity contribution in [2.45, 2.75) is 12.8 Å². The van der Waals surface area contributed by atoms with Crippen molar-refractivity contribution < 1.29 is 9.90 Å². The molecule has 1 saturated carbocycles. The van der Waals surface area contributed by atoms with Gasteiger partial charge in [0.05, 0.1) is 12.8 Å². The molecule has 0 saturated heterocycles. The highest BCUT2D eigenvalue weighted by molar-refractivity contribution is 5.91. The van der Waals surface area contributed by atoms with Gasteiger partial charge in [-0.1, -0.05) is 5.21 Å². The SMILES string of the molecule is Cn1cc(C(=O)NCC2(CO)CC2)nn1. The van der Waals surface area contributed by atoms with Crippen molar-refractivity contribution in [2.24, 2.45) is 12.5 Å². The number of aliphatic hydroxyl groups excluding tert-OH is 1. The Bertz CT molecular complexity index is 370. The van der Waals surface area contributed by atoms with Crippen LogP contribution in [0.3, 0.4) is 0 Å². The molecular weight excluding hydrogens is 196 g/mol. The number of hydrogen-bond acceptors (Lipinski definition) is 4. The highest BCUT2D eigenvalue weighted by atomic mass is 16.3. The van der Waals surface area contributed by atoms with Crippen molar-refractivity contribution in [3.05, 3.63) is 11.9 Å². The van der Waals surface area contributed by atoms with E-state index in [4.69, 9.17) is 5.11 Å². The van der Waals surface area contributed by atoms with Gasteiger partial charge in [-0.2, -0.15) is 0 Å². The molecule has 1 fully saturated rings. The molecule has 1 heterocycles. The fourth-order valence-corrected chi connectivity index (χ4v) is 1.38. The van der Waals surface area contributed by atoms with Crippen LogP contribution >= 0.6 is 0 Å². The average Bonchev–Trinajstić information content (AvgIpc) is 2.90. The summed E-state index contributed by atoms with van der Waals surface area (Å²) in [7, 11) is 1.71. The number of hydrogen-bond donors (Lipinski definition) is 2. The first-order chi connectivity index (χ1) is 7.15. The lowest BCUT2D eigenvalue weighted by Crippen LogP contribution is -2.32. The Balaban J connectivity index is 1.88. The van der Waals surface area contributed by atoms with E-state index in [2.05, 4.69) is 15.6 Å². The molecule has 2 N–H and O–H groups in total. The molecule has 0 aliphatic heterocycles. The Morgan fingerprint density at radius 2 is 2.47 bits per heavy atom. The largest absolute Gasteiger partial charge is 0.396 e. The van der Waals surface area contributed by atoms with E-state index in [0.717, 1.165) is 12.8 Å². The van der Waals surface area contributed by atoms with Gasteiger partial charge in [0.15, 0.2) is 5.69 Å². The second-order valence-corrected chi connectivity index (χ2v) is 4.12. The molecule has 6 heteroatoms. The predicted molar refractivity (Wildman–Crippen MR) is 52.1 cm³/mol. The van der Waals surface area contributed by atoms with Gasteiger partial charge in [-0.15, -0.1) is 5.10 Å². The maximum atomic E-state index is 11.5. The standard InChI is InChI=1S/C9H14N4O2/c1-13-4-7(11-12-13)8(15)10-5-9(6-14)2-3-9/h4,14H,2-3,5-6H2,1H3,(H,10,15). The molecule has 0 aromatic carbocycles. The van der Waals surface area contributed by atoms with Crippen LogP contribution in [0.4, 0.5) is 0 Å². The van der Waals surface area contributed by atoms with Crippen molar-refractivity contribution in [1.29, 1.82) is 0 Å². The maximum absolute atomic E-state index is 11.5. The van der Waals surface area contributed by atoms with E-state index in [-0.39, 0.29) is 17.9 Å². The smallest absolute Gasteiger partial charge is 0.273 e. The molecule has 0 unspecified atom stereocenters. The van der Waals surface area contributed by atoms with Crippen LogP contribution in [0.15, 0.2) is 6.20 Å². The summed E-state index contributed by atoms with van der Waals surface area (Å²) in [6, 6.07) is 0. The van der Waals surface area contributed by atoms with Gasteiger partial charge >= 0.3 is 0 Å². The highest BCUT2D eigenvalue weighted by Gasteiger charge is 2.42. The van der Waals surface area contributed by atoms with E-state index in [0.29, 0.717) is 12.2 Å². The Morgan fingerprint density at radius 3 is 2.93 bits per heavy atom. The third-order valence-corrected chi connectivity index (χ3v) is 2.75. The average molecular weight is 210 g/mol. The van der Waals surface area contributed by atoms with E-state index in [9.17, 15) is 4.79 Å². The van der Waals surface area contributed by atoms with E-state index < -0.39 is 0 Å². The third-order valence-electron chi connectivity index (χ3n) is 2.75. The van der Waals surface area contributed by atoms with E-state index in [1.54, 1.807) is 13.2 Å². The fourth-order valence-electron chi connectivity index (χ4n) is 1.38. The summed E-state index contributed by atoms with van der Waals surface area (Å²) in [5.74, 6) is -0.233. The normalized spacial score (nSPS) is 17.5. The second kappa shape index (κ2) is 3.62. The summed E-state index contributed by atoms with van der Waals surface area (Å²) in [5.41, 5.74) is 0.240. The van der Waals surface area contributed by atoms with Gasteiger partial charge in [-0.3, -0.25) is 9.48 Å². The summed E-state index contributed by atoms with van der Waals surface area (Å²) in [4.78, 5) is 11.5. The summed E-state index contributed by atoms with van der Waals surface area (Å²) in [6.45, 7) is 0.645. The number of aliphatic hydroxyl groups is 1. The van der Waals surface area contributed by atoms with Gasteiger partial charge in [0, 0.05) is 19.0 Å². The number of nitrogens with zero attached hydrogens (tertiary/aromatic N) is 3. The Hall–Kier alpha value is -1.43. The lowest BCUT2D eigenvalue weighted by atomic mass is 10.1. The molecule has 1 aromatic heterocycles. The molecule has 1 aliphatic rings. The lowest BCUT2D eigenvalue weighted by molar-refractivity contribution is 0.0930. The molecule has 1 aromatic rings. The molecule has 82 valence electrons. The minimum atomic E-state index is -0.233. The highest BCUT2D eigenvalue weighted by Crippen LogP contribution is 2.44. The minimum absolute atomic E-state index is 0.0716. The van der Waals surface area contributed by atoms with Crippen molar-refractivity contribution in [1.82, 2.24) is 20.3 Å². The Morgan fingerprint density at radius 1 is 1.73 bits per heavy atom. The zero-order chi connectivity index (χ0) is 10.9. The molecule has 0 spiro atoms. The second-order valence-electron chi connectivity index (χ2n) is 4.12. The van der Waals surface area contributed by atoms with Gasteiger partial charge in [0.2, 0.25) is 0 Å². The number of carbonyl (C=O) groups excluding carboxylic acids is 1. The van der Waals surface area contributed by atoms with Crippen LogP contribution in [0.2, 0.25) is 0 Å². The van der Waals surface area contributed by atoms with Crippen LogP contribution in [0, 0.1) is 5.41 Å². The van der Waals surface area contributed by atoms with Crippen LogP contribution in [-0.2, 0) is 7.05 Å². The first kappa shape index (κ1) is 10.1. The van der Waals surface area contributed by atoms with Gasteiger partial charge in [-0.05, 0) is 12.8 Å². The van der Waals surface area contributed by atoms with Crippen molar-refractivity contribution in [2.75, 3.05) is 13.2 Å². The fraction of sp³-hybridized carbons (Fsp3) is 0.667. The van der Waals surface area contributed by atoms with Gasteiger partial charge in [0.25, 0.3) is 5.91 Å². The van der Waals surface area contributed by atoms with E-state index in [1.807, 2.05) is 0 Å². The monoisotopic (exact) mass is 210 g/mol. The van der Waals surface area contributed by atoms with Crippen LogP contribution in [0.5, 0.6) is 0 Å². The molecule has 0 atom stereocenters. The Kier molecular flexibility index (Phi) is 2.44. The zero-order valence-electron chi connectivity index (χ0n) is 8.60. The van der Waals surface area contributed by atoms with Crippen molar-refractivity contribution in [3.8, 4) is 0 Å². The summed E-state index contributed by atoms with van der Waals surface area (Å²) >= 11 is 0. The van der Waals surface area contributed by atoms with E-state index >= 15 is 0 Å². The summed E-state index contributed by atoms with van der Waals surface area (Å²) in [5, 5.41) is 19.2. The van der Waals surface area contributed by atoms with Gasteiger partial charge < -0.3 is 10.4 Å². The lowest BCUT2D eigenvalue weighted by Gasteiger charge is -2.11. The maximum Gasteiger partial charge on any atom is 0.273 e. The predicted octanol–water partition coefficient (Wildman–Crippen LogP) is -0.683. The Labute approximate surface area is 87.3 Å². The van der Waals surface area contributed by atoms with Crippen molar-refractivity contribution in [3.63, 3.8) is 0 Å². The van der Waals surface area contributed by atoms with Crippen molar-refractivity contribution >= 4 is 5.91 Å². The third kappa shape index (κ3) is 2.15. The molecule has 2 rings (SSSR count). The molecule has 0 radical (unpaired) electrons. The topological polar surface area (TPSA) is 80.0 Å². The van der Waals surface area contributed by atoms with Crippen LogP contribution in [0.1, 0.15) is 23.3 Å². The van der Waals surface area contributed by atoms with E-state index in [1.165, 1.54) is 4.68 Å². The number of amides is 1. The van der Waals surface area contributed by atoms with Crippen LogP contribution in [0.25, 0.3) is 0 Å². The van der Waals surface area contributed by atoms with Gasteiger partial charge in [-0.25, -0.2) is 0 Å². The minimum Gasteiger partial charge on any atom is -0.396 e. The molecular formula is C9H14N4O2. The van der Waals surface area contributed by atoms with Crippen LogP contribution in [-0.4, -0.2) is 39.2 Å². The number of rotatable bonds is 4. The number of aryl methyl sites for hydroxylation is 1. The first-order valence-corrected chi connectivity index (χ1v) is 4.91. The first-order valence-electron chi connectivity index (χ1n) is 4.91. The molecule has 6 nitrogen and oxygen atoms in total. The molecule has 15 heavy (non-hydrogen) atoms. The van der Waals surface area contributed by atoms with Gasteiger partial charge in [0.1, 0.15) is 0 Å². The molecule has 0 bridgehead atoms. The molecule has 1 aliphatic carbocycles. The number of carbonyl (C=O) groups is 1. The quantitative estimate of drug-likeness (QED) is 0.690. The number of nitrogens with one attached hydrogen (secondary N) is 1. The number of aromatic nitrogens is 3. The molecule has 1 amide bonds. The summed E-state index contributed by atoms with van der Waals surface area (Å²) in [6.07, 6.45) is 3.52.